The summed E-state index contributed by atoms with van der Waals surface area (Å²) in [6.45, 7) is 0.825. The van der Waals surface area contributed by atoms with Crippen LogP contribution in [-0.2, 0) is 6.42 Å². The van der Waals surface area contributed by atoms with Gasteiger partial charge in [-0.05, 0) is 36.4 Å². The molecule has 100 valence electrons. The lowest BCUT2D eigenvalue weighted by Gasteiger charge is -2.25. The van der Waals surface area contributed by atoms with Crippen LogP contribution in [-0.4, -0.2) is 6.54 Å². The summed E-state index contributed by atoms with van der Waals surface area (Å²) >= 11 is 3.65. The van der Waals surface area contributed by atoms with Gasteiger partial charge in [0.15, 0.2) is 0 Å². The molecule has 18 heavy (non-hydrogen) atoms. The quantitative estimate of drug-likeness (QED) is 0.812. The van der Waals surface area contributed by atoms with Gasteiger partial charge in [0, 0.05) is 4.47 Å². The van der Waals surface area contributed by atoms with Crippen molar-refractivity contribution in [3.8, 4) is 0 Å². The first-order valence-electron chi connectivity index (χ1n) is 7.24. The molecular weight excluding hydrogens is 286 g/mol. The van der Waals surface area contributed by atoms with Crippen molar-refractivity contribution in [2.24, 2.45) is 17.6 Å². The Bertz CT molecular complexity index is 356. The Morgan fingerprint density at radius 2 is 1.78 bits per heavy atom. The van der Waals surface area contributed by atoms with Gasteiger partial charge in [0.2, 0.25) is 0 Å². The van der Waals surface area contributed by atoms with Crippen LogP contribution in [0.3, 0.4) is 0 Å². The van der Waals surface area contributed by atoms with Crippen LogP contribution >= 0.6 is 15.9 Å². The Morgan fingerprint density at radius 1 is 1.11 bits per heavy atom. The van der Waals surface area contributed by atoms with Crippen molar-refractivity contribution in [1.29, 1.82) is 0 Å². The van der Waals surface area contributed by atoms with E-state index >= 15 is 0 Å². The number of benzene rings is 1. The van der Waals surface area contributed by atoms with Crippen LogP contribution < -0.4 is 5.73 Å². The number of hydrogen-bond donors (Lipinski definition) is 1. The summed E-state index contributed by atoms with van der Waals surface area (Å²) in [5.41, 5.74) is 7.45. The fraction of sp³-hybridized carbons (Fsp3) is 0.625. The van der Waals surface area contributed by atoms with Gasteiger partial charge in [0.1, 0.15) is 0 Å². The maximum atomic E-state index is 6.04. The summed E-state index contributed by atoms with van der Waals surface area (Å²) in [5, 5.41) is 0. The summed E-state index contributed by atoms with van der Waals surface area (Å²) in [4.78, 5) is 0. The van der Waals surface area contributed by atoms with Gasteiger partial charge in [0.05, 0.1) is 0 Å². The molecule has 1 nitrogen and oxygen atoms in total. The van der Waals surface area contributed by atoms with Crippen molar-refractivity contribution < 1.29 is 0 Å². The van der Waals surface area contributed by atoms with E-state index in [4.69, 9.17) is 5.73 Å². The molecule has 1 aliphatic rings. The van der Waals surface area contributed by atoms with Gasteiger partial charge in [-0.25, -0.2) is 0 Å². The second kappa shape index (κ2) is 7.30. The molecule has 1 fully saturated rings. The minimum Gasteiger partial charge on any atom is -0.330 e. The van der Waals surface area contributed by atoms with Crippen molar-refractivity contribution >= 4 is 15.9 Å². The molecule has 1 saturated carbocycles. The Hall–Kier alpha value is -0.340. The fourth-order valence-corrected chi connectivity index (χ4v) is 3.62. The van der Waals surface area contributed by atoms with Crippen LogP contribution in [0.1, 0.15) is 44.1 Å². The van der Waals surface area contributed by atoms with E-state index in [0.717, 1.165) is 18.9 Å². The topological polar surface area (TPSA) is 26.0 Å². The number of halogens is 1. The van der Waals surface area contributed by atoms with Crippen LogP contribution in [0.25, 0.3) is 0 Å². The average molecular weight is 310 g/mol. The molecule has 0 amide bonds. The minimum atomic E-state index is 0.654. The monoisotopic (exact) mass is 309 g/mol. The Labute approximate surface area is 119 Å². The Balaban J connectivity index is 2.02. The first-order chi connectivity index (χ1) is 8.81. The standard InChI is InChI=1S/C16H24BrN/c17-16-10-6-5-9-14(16)11-15(12-18)13-7-3-1-2-4-8-13/h5-6,9-10,13,15H,1-4,7-8,11-12,18H2. The first kappa shape index (κ1) is 14.1. The van der Waals surface area contributed by atoms with Gasteiger partial charge in [-0.3, -0.25) is 0 Å². The highest BCUT2D eigenvalue weighted by Gasteiger charge is 2.22. The van der Waals surface area contributed by atoms with Crippen LogP contribution in [0, 0.1) is 11.8 Å². The van der Waals surface area contributed by atoms with Gasteiger partial charge < -0.3 is 5.73 Å². The molecule has 2 N–H and O–H groups in total. The van der Waals surface area contributed by atoms with E-state index in [9.17, 15) is 0 Å². The maximum absolute atomic E-state index is 6.04. The highest BCUT2D eigenvalue weighted by molar-refractivity contribution is 9.10. The van der Waals surface area contributed by atoms with Crippen molar-refractivity contribution in [2.45, 2.75) is 44.9 Å². The summed E-state index contributed by atoms with van der Waals surface area (Å²) in [6, 6.07) is 8.57. The highest BCUT2D eigenvalue weighted by atomic mass is 79.9. The summed E-state index contributed by atoms with van der Waals surface area (Å²) in [6.07, 6.45) is 9.53. The lowest BCUT2D eigenvalue weighted by molar-refractivity contribution is 0.302. The second-order valence-corrected chi connectivity index (χ2v) is 6.40. The second-order valence-electron chi connectivity index (χ2n) is 5.54. The van der Waals surface area contributed by atoms with Gasteiger partial charge in [-0.2, -0.15) is 0 Å². The van der Waals surface area contributed by atoms with E-state index in [1.54, 1.807) is 0 Å². The fourth-order valence-electron chi connectivity index (χ4n) is 3.17. The van der Waals surface area contributed by atoms with E-state index in [-0.39, 0.29) is 0 Å². The SMILES string of the molecule is NCC(Cc1ccccc1Br)C1CCCCCC1. The molecule has 1 aromatic rings. The van der Waals surface area contributed by atoms with E-state index in [1.165, 1.54) is 48.6 Å². The molecule has 0 saturated heterocycles. The van der Waals surface area contributed by atoms with E-state index in [2.05, 4.69) is 40.2 Å². The molecule has 0 aliphatic heterocycles. The molecule has 1 aliphatic carbocycles. The zero-order valence-corrected chi connectivity index (χ0v) is 12.7. The zero-order chi connectivity index (χ0) is 12.8. The van der Waals surface area contributed by atoms with Crippen molar-refractivity contribution in [2.75, 3.05) is 6.54 Å². The smallest absolute Gasteiger partial charge is 0.0207 e. The third-order valence-electron chi connectivity index (χ3n) is 4.31. The molecule has 0 spiro atoms. The molecule has 2 heteroatoms. The van der Waals surface area contributed by atoms with Crippen molar-refractivity contribution in [3.05, 3.63) is 34.3 Å². The Morgan fingerprint density at radius 3 is 2.39 bits per heavy atom. The molecule has 0 heterocycles. The number of rotatable bonds is 4. The zero-order valence-electron chi connectivity index (χ0n) is 11.1. The highest BCUT2D eigenvalue weighted by Crippen LogP contribution is 2.31. The molecule has 0 radical (unpaired) electrons. The predicted octanol–water partition coefficient (Wildman–Crippen LogP) is 4.54. The van der Waals surface area contributed by atoms with E-state index in [1.807, 2.05) is 0 Å². The van der Waals surface area contributed by atoms with Gasteiger partial charge >= 0.3 is 0 Å². The molecule has 0 bridgehead atoms. The van der Waals surface area contributed by atoms with Crippen molar-refractivity contribution in [1.82, 2.24) is 0 Å². The maximum Gasteiger partial charge on any atom is 0.0207 e. The van der Waals surface area contributed by atoms with Crippen molar-refractivity contribution in [3.63, 3.8) is 0 Å². The summed E-state index contributed by atoms with van der Waals surface area (Å²) in [5.74, 6) is 1.49. The summed E-state index contributed by atoms with van der Waals surface area (Å²) < 4.78 is 1.23. The van der Waals surface area contributed by atoms with Crippen LogP contribution in [0.5, 0.6) is 0 Å². The number of nitrogens with two attached hydrogens (primary N) is 1. The number of hydrogen-bond acceptors (Lipinski definition) is 1. The van der Waals surface area contributed by atoms with Crippen LogP contribution in [0.4, 0.5) is 0 Å². The van der Waals surface area contributed by atoms with Gasteiger partial charge in [0.25, 0.3) is 0 Å². The lowest BCUT2D eigenvalue weighted by Crippen LogP contribution is -2.25. The van der Waals surface area contributed by atoms with Gasteiger partial charge in [-0.15, -0.1) is 0 Å². The van der Waals surface area contributed by atoms with E-state index in [0.29, 0.717) is 5.92 Å². The van der Waals surface area contributed by atoms with Crippen LogP contribution in [0.15, 0.2) is 28.7 Å². The Kier molecular flexibility index (Phi) is 5.71. The van der Waals surface area contributed by atoms with E-state index < -0.39 is 0 Å². The molecular formula is C16H24BrN. The average Bonchev–Trinajstić information content (AvgIpc) is 2.67. The normalized spacial score (nSPS) is 19.4. The van der Waals surface area contributed by atoms with Crippen LogP contribution in [0.2, 0.25) is 0 Å². The predicted molar refractivity (Wildman–Crippen MR) is 81.6 cm³/mol. The summed E-state index contributed by atoms with van der Waals surface area (Å²) in [7, 11) is 0. The largest absolute Gasteiger partial charge is 0.330 e. The molecule has 1 aromatic carbocycles. The third kappa shape index (κ3) is 3.83. The molecule has 1 unspecified atom stereocenters. The third-order valence-corrected chi connectivity index (χ3v) is 5.08. The lowest BCUT2D eigenvalue weighted by atomic mass is 9.82. The molecule has 0 aromatic heterocycles. The molecule has 1 atom stereocenters. The molecule has 2 rings (SSSR count). The first-order valence-corrected chi connectivity index (χ1v) is 8.04. The minimum absolute atomic E-state index is 0.654. The van der Waals surface area contributed by atoms with Gasteiger partial charge in [-0.1, -0.05) is 72.7 Å².